The van der Waals surface area contributed by atoms with Gasteiger partial charge in [-0.05, 0) is 23.6 Å². The number of carbonyl (C=O) groups is 6. The zero-order chi connectivity index (χ0) is 28.1. The minimum atomic E-state index is -1.21. The van der Waals surface area contributed by atoms with Gasteiger partial charge in [-0.1, -0.05) is 6.07 Å². The van der Waals surface area contributed by atoms with E-state index in [1.807, 2.05) is 0 Å². The van der Waals surface area contributed by atoms with Crippen molar-refractivity contribution < 1.29 is 43.4 Å². The number of amides is 4. The van der Waals surface area contributed by atoms with E-state index in [2.05, 4.69) is 10.6 Å². The predicted octanol–water partition coefficient (Wildman–Crippen LogP) is 0.342. The molecule has 2 aromatic heterocycles. The van der Waals surface area contributed by atoms with Crippen LogP contribution in [-0.4, -0.2) is 104 Å². The third kappa shape index (κ3) is 6.78. The first-order valence-corrected chi connectivity index (χ1v) is 14.0. The van der Waals surface area contributed by atoms with E-state index in [1.165, 1.54) is 28.6 Å². The normalized spacial score (nSPS) is 22.5. The first-order chi connectivity index (χ1) is 18.6. The zero-order valence-electron chi connectivity index (χ0n) is 20.5. The van der Waals surface area contributed by atoms with Crippen LogP contribution in [0.5, 0.6) is 0 Å². The van der Waals surface area contributed by atoms with Crippen LogP contribution in [0.25, 0.3) is 0 Å². The quantitative estimate of drug-likeness (QED) is 0.306. The molecule has 2 aliphatic rings. The smallest absolute Gasteiger partial charge is 0.326 e. The van der Waals surface area contributed by atoms with Gasteiger partial charge in [-0.15, -0.1) is 23.1 Å². The second-order valence-corrected chi connectivity index (χ2v) is 11.0. The summed E-state index contributed by atoms with van der Waals surface area (Å²) in [6.45, 7) is 0.00126. The van der Waals surface area contributed by atoms with Gasteiger partial charge in [-0.25, -0.2) is 9.59 Å². The topological polar surface area (TPSA) is 187 Å². The molecule has 0 radical (unpaired) electrons. The van der Waals surface area contributed by atoms with Crippen molar-refractivity contribution in [3.8, 4) is 0 Å². The van der Waals surface area contributed by atoms with Crippen molar-refractivity contribution in [3.63, 3.8) is 0 Å². The molecule has 4 N–H and O–H groups in total. The first kappa shape index (κ1) is 28.2. The summed E-state index contributed by atoms with van der Waals surface area (Å²) in [5.74, 6) is -4.64. The summed E-state index contributed by atoms with van der Waals surface area (Å²) in [5.41, 5.74) is 0. The number of thioether (sulfide) groups is 1. The molecule has 4 unspecified atom stereocenters. The molecule has 2 aliphatic heterocycles. The van der Waals surface area contributed by atoms with Crippen molar-refractivity contribution in [2.24, 2.45) is 0 Å². The number of carbonyl (C=O) groups excluding carboxylic acids is 4. The van der Waals surface area contributed by atoms with Crippen LogP contribution in [0.3, 0.4) is 0 Å². The van der Waals surface area contributed by atoms with E-state index >= 15 is 0 Å². The van der Waals surface area contributed by atoms with Crippen molar-refractivity contribution in [2.75, 3.05) is 24.6 Å². The number of thiophene rings is 1. The molecular formula is C24H26N4O9S2. The second kappa shape index (κ2) is 12.3. The van der Waals surface area contributed by atoms with Crippen molar-refractivity contribution in [1.82, 2.24) is 20.4 Å². The Morgan fingerprint density at radius 2 is 1.44 bits per heavy atom. The summed E-state index contributed by atoms with van der Waals surface area (Å²) >= 11 is 2.19. The summed E-state index contributed by atoms with van der Waals surface area (Å²) in [4.78, 5) is 76.5. The van der Waals surface area contributed by atoms with E-state index in [1.54, 1.807) is 23.6 Å². The standard InChI is InChI=1S/C24H26N4O9S2/c29-19(27-9-13(7-15(27)23(33)34)25-21(31)17-3-1-5-37-17)11-38-12-20(30)28-10-14(8-16(28)24(35)36)26-22(32)18-4-2-6-39-18/h1-6,13-16H,7-12H2,(H,25,31)(H,26,32)(H,33,34)(H,35,36). The summed E-state index contributed by atoms with van der Waals surface area (Å²) in [6.07, 6.45) is 1.41. The first-order valence-electron chi connectivity index (χ1n) is 11.9. The van der Waals surface area contributed by atoms with Crippen LogP contribution in [0.4, 0.5) is 0 Å². The fourth-order valence-corrected chi connectivity index (χ4v) is 6.03. The number of hydrogen-bond donors (Lipinski definition) is 4. The maximum atomic E-state index is 12.8. The van der Waals surface area contributed by atoms with Crippen LogP contribution < -0.4 is 10.6 Å². The molecule has 39 heavy (non-hydrogen) atoms. The summed E-state index contributed by atoms with van der Waals surface area (Å²) in [5, 5.41) is 26.3. The number of nitrogens with zero attached hydrogens (tertiary/aromatic N) is 2. The van der Waals surface area contributed by atoms with Gasteiger partial charge in [0.1, 0.15) is 12.1 Å². The highest BCUT2D eigenvalue weighted by Gasteiger charge is 2.42. The van der Waals surface area contributed by atoms with Gasteiger partial charge in [-0.3, -0.25) is 19.2 Å². The molecule has 2 saturated heterocycles. The van der Waals surface area contributed by atoms with Crippen LogP contribution in [0.1, 0.15) is 33.1 Å². The number of rotatable bonds is 10. The lowest BCUT2D eigenvalue weighted by molar-refractivity contribution is -0.147. The maximum Gasteiger partial charge on any atom is 0.326 e. The summed E-state index contributed by atoms with van der Waals surface area (Å²) in [7, 11) is 0. The van der Waals surface area contributed by atoms with Gasteiger partial charge in [0.15, 0.2) is 5.76 Å². The van der Waals surface area contributed by atoms with Gasteiger partial charge < -0.3 is 35.1 Å². The monoisotopic (exact) mass is 578 g/mol. The molecule has 4 rings (SSSR count). The molecule has 15 heteroatoms. The largest absolute Gasteiger partial charge is 0.480 e. The Labute approximate surface area is 230 Å². The lowest BCUT2D eigenvalue weighted by atomic mass is 10.1. The SMILES string of the molecule is O=C(NC1CC(C(=O)O)N(C(=O)CSCC(=O)N2CC(NC(=O)c3cccs3)CC2C(=O)O)C1)c1ccco1. The number of carboxylic acids is 2. The minimum Gasteiger partial charge on any atom is -0.480 e. The lowest BCUT2D eigenvalue weighted by Gasteiger charge is -2.23. The lowest BCUT2D eigenvalue weighted by Crippen LogP contribution is -2.43. The van der Waals surface area contributed by atoms with Gasteiger partial charge in [-0.2, -0.15) is 0 Å². The van der Waals surface area contributed by atoms with Crippen LogP contribution in [0.15, 0.2) is 40.3 Å². The number of likely N-dealkylation sites (tertiary alicyclic amines) is 2. The van der Waals surface area contributed by atoms with E-state index in [-0.39, 0.29) is 49.1 Å². The molecule has 2 aromatic rings. The van der Waals surface area contributed by atoms with Gasteiger partial charge in [0.25, 0.3) is 11.8 Å². The summed E-state index contributed by atoms with van der Waals surface area (Å²) < 4.78 is 5.03. The van der Waals surface area contributed by atoms with Gasteiger partial charge in [0.2, 0.25) is 11.8 Å². The molecule has 208 valence electrons. The van der Waals surface area contributed by atoms with E-state index < -0.39 is 53.8 Å². The average Bonchev–Trinajstić information content (AvgIpc) is 3.69. The van der Waals surface area contributed by atoms with Gasteiger partial charge in [0.05, 0.1) is 22.6 Å². The Bertz CT molecular complexity index is 1140. The highest BCUT2D eigenvalue weighted by Crippen LogP contribution is 2.23. The minimum absolute atomic E-state index is 0.0176. The number of hydrogen-bond acceptors (Lipinski definition) is 9. The Balaban J connectivity index is 1.28. The Morgan fingerprint density at radius 3 is 1.90 bits per heavy atom. The Hall–Kier alpha value is -3.85. The number of furan rings is 1. The van der Waals surface area contributed by atoms with Crippen LogP contribution in [-0.2, 0) is 19.2 Å². The number of carboxylic acid groups (broad SMARTS) is 2. The van der Waals surface area contributed by atoms with E-state index in [4.69, 9.17) is 4.42 Å². The van der Waals surface area contributed by atoms with Crippen molar-refractivity contribution in [1.29, 1.82) is 0 Å². The average molecular weight is 579 g/mol. The van der Waals surface area contributed by atoms with Gasteiger partial charge in [0, 0.05) is 38.0 Å². The van der Waals surface area contributed by atoms with Crippen LogP contribution >= 0.6 is 23.1 Å². The molecule has 0 saturated carbocycles. The molecule has 4 atom stereocenters. The van der Waals surface area contributed by atoms with Gasteiger partial charge >= 0.3 is 11.9 Å². The predicted molar refractivity (Wildman–Crippen MR) is 138 cm³/mol. The second-order valence-electron chi connectivity index (χ2n) is 9.06. The Morgan fingerprint density at radius 1 is 0.872 bits per heavy atom. The molecule has 0 spiro atoms. The highest BCUT2D eigenvalue weighted by molar-refractivity contribution is 8.00. The molecule has 4 heterocycles. The highest BCUT2D eigenvalue weighted by atomic mass is 32.2. The number of aliphatic carboxylic acids is 2. The van der Waals surface area contributed by atoms with E-state index in [0.717, 1.165) is 16.7 Å². The third-order valence-corrected chi connectivity index (χ3v) is 8.20. The van der Waals surface area contributed by atoms with Crippen molar-refractivity contribution in [3.05, 3.63) is 46.5 Å². The molecule has 2 fully saturated rings. The molecule has 0 aromatic carbocycles. The molecular weight excluding hydrogens is 552 g/mol. The van der Waals surface area contributed by atoms with E-state index in [0.29, 0.717) is 4.88 Å². The van der Waals surface area contributed by atoms with E-state index in [9.17, 15) is 39.0 Å². The summed E-state index contributed by atoms with van der Waals surface area (Å²) in [6, 6.07) is 2.98. The van der Waals surface area contributed by atoms with Crippen molar-refractivity contribution in [2.45, 2.75) is 37.0 Å². The fourth-order valence-electron chi connectivity index (χ4n) is 4.62. The maximum absolute atomic E-state index is 12.8. The number of nitrogens with one attached hydrogen (secondary N) is 2. The third-order valence-electron chi connectivity index (χ3n) is 6.42. The van der Waals surface area contributed by atoms with Crippen LogP contribution in [0.2, 0.25) is 0 Å². The fraction of sp³-hybridized carbons (Fsp3) is 0.417. The van der Waals surface area contributed by atoms with Crippen LogP contribution in [0, 0.1) is 0 Å². The van der Waals surface area contributed by atoms with Crippen molar-refractivity contribution >= 4 is 58.7 Å². The molecule has 4 amide bonds. The Kier molecular flexibility index (Phi) is 8.91. The molecule has 13 nitrogen and oxygen atoms in total. The zero-order valence-corrected chi connectivity index (χ0v) is 22.1. The molecule has 0 bridgehead atoms. The molecule has 0 aliphatic carbocycles.